The van der Waals surface area contributed by atoms with Crippen LogP contribution in [0.4, 0.5) is 5.69 Å². The van der Waals surface area contributed by atoms with Crippen molar-refractivity contribution >= 4 is 11.6 Å². The molecule has 1 amide bonds. The van der Waals surface area contributed by atoms with Crippen LogP contribution in [0.2, 0.25) is 0 Å². The van der Waals surface area contributed by atoms with Gasteiger partial charge in [-0.3, -0.25) is 4.79 Å². The number of para-hydroxylation sites is 1. The Bertz CT molecular complexity index is 320. The quantitative estimate of drug-likeness (QED) is 0.823. The smallest absolute Gasteiger partial charge is 0.244 e. The first kappa shape index (κ1) is 12.6. The van der Waals surface area contributed by atoms with Crippen molar-refractivity contribution in [3.63, 3.8) is 0 Å². The maximum absolute atomic E-state index is 12.0. The van der Waals surface area contributed by atoms with E-state index in [1.807, 2.05) is 49.9 Å². The normalized spacial score (nSPS) is 11.9. The Hall–Kier alpha value is -1.51. The zero-order valence-corrected chi connectivity index (χ0v) is 10.2. The van der Waals surface area contributed by atoms with Gasteiger partial charge in [0.25, 0.3) is 0 Å². The van der Waals surface area contributed by atoms with Gasteiger partial charge < -0.3 is 10.2 Å². The number of hydrogen-bond donors (Lipinski definition) is 1. The Morgan fingerprint density at radius 2 is 2.12 bits per heavy atom. The highest BCUT2D eigenvalue weighted by Crippen LogP contribution is 2.07. The van der Waals surface area contributed by atoms with Crippen molar-refractivity contribution in [3.05, 3.63) is 30.3 Å². The van der Waals surface area contributed by atoms with Gasteiger partial charge in [0.2, 0.25) is 5.91 Å². The maximum Gasteiger partial charge on any atom is 0.244 e. The fourth-order valence-electron chi connectivity index (χ4n) is 1.59. The van der Waals surface area contributed by atoms with E-state index in [0.29, 0.717) is 0 Å². The molecule has 0 aromatic heterocycles. The third kappa shape index (κ3) is 3.26. The minimum Gasteiger partial charge on any atom is -0.373 e. The highest BCUT2D eigenvalue weighted by atomic mass is 16.2. The van der Waals surface area contributed by atoms with Gasteiger partial charge in [0.1, 0.15) is 6.04 Å². The fourth-order valence-corrected chi connectivity index (χ4v) is 1.59. The van der Waals surface area contributed by atoms with E-state index >= 15 is 0 Å². The highest BCUT2D eigenvalue weighted by Gasteiger charge is 2.17. The molecule has 0 heterocycles. The summed E-state index contributed by atoms with van der Waals surface area (Å²) in [7, 11) is 0. The molecule has 0 aliphatic carbocycles. The SMILES string of the molecule is CCN(CC)C(=O)C(C)Nc1[c]cccc1. The van der Waals surface area contributed by atoms with E-state index in [0.717, 1.165) is 18.8 Å². The van der Waals surface area contributed by atoms with Crippen molar-refractivity contribution in [2.24, 2.45) is 0 Å². The Balaban J connectivity index is 2.58. The number of rotatable bonds is 5. The van der Waals surface area contributed by atoms with Crippen LogP contribution in [0.1, 0.15) is 20.8 Å². The van der Waals surface area contributed by atoms with Gasteiger partial charge in [-0.05, 0) is 26.8 Å². The molecule has 3 nitrogen and oxygen atoms in total. The third-order valence-corrected chi connectivity index (χ3v) is 2.53. The number of anilines is 1. The Morgan fingerprint density at radius 1 is 1.44 bits per heavy atom. The van der Waals surface area contributed by atoms with Crippen LogP contribution in [0.25, 0.3) is 0 Å². The summed E-state index contributed by atoms with van der Waals surface area (Å²) in [6, 6.07) is 10.4. The van der Waals surface area contributed by atoms with Gasteiger partial charge in [0.05, 0.1) is 0 Å². The van der Waals surface area contributed by atoms with Gasteiger partial charge in [0, 0.05) is 24.8 Å². The summed E-state index contributed by atoms with van der Waals surface area (Å²) < 4.78 is 0. The zero-order chi connectivity index (χ0) is 12.0. The Kier molecular flexibility index (Phi) is 4.83. The second-order valence-corrected chi connectivity index (χ2v) is 3.65. The Labute approximate surface area is 97.5 Å². The van der Waals surface area contributed by atoms with E-state index < -0.39 is 0 Å². The summed E-state index contributed by atoms with van der Waals surface area (Å²) in [5.41, 5.74) is 0.857. The number of carbonyl (C=O) groups is 1. The van der Waals surface area contributed by atoms with E-state index in [1.165, 1.54) is 0 Å². The molecule has 1 aromatic carbocycles. The molecule has 0 saturated carbocycles. The molecular formula is C13H19N2O. The molecule has 0 spiro atoms. The highest BCUT2D eigenvalue weighted by molar-refractivity contribution is 5.84. The molecule has 1 aromatic rings. The van der Waals surface area contributed by atoms with Crippen LogP contribution in [0.5, 0.6) is 0 Å². The van der Waals surface area contributed by atoms with E-state index in [2.05, 4.69) is 11.4 Å². The number of carbonyl (C=O) groups excluding carboxylic acids is 1. The molecule has 0 aliphatic rings. The van der Waals surface area contributed by atoms with E-state index in [4.69, 9.17) is 0 Å². The molecule has 1 atom stereocenters. The summed E-state index contributed by atoms with van der Waals surface area (Å²) in [5.74, 6) is 0.127. The monoisotopic (exact) mass is 219 g/mol. The third-order valence-electron chi connectivity index (χ3n) is 2.53. The summed E-state index contributed by atoms with van der Waals surface area (Å²) in [5, 5.41) is 3.14. The van der Waals surface area contributed by atoms with Crippen molar-refractivity contribution in [3.8, 4) is 0 Å². The molecule has 1 radical (unpaired) electrons. The molecule has 0 saturated heterocycles. The topological polar surface area (TPSA) is 32.3 Å². The van der Waals surface area contributed by atoms with Crippen molar-refractivity contribution in [2.75, 3.05) is 18.4 Å². The van der Waals surface area contributed by atoms with Crippen molar-refractivity contribution in [1.29, 1.82) is 0 Å². The average molecular weight is 219 g/mol. The second kappa shape index (κ2) is 6.16. The fraction of sp³-hybridized carbons (Fsp3) is 0.462. The minimum absolute atomic E-state index is 0.127. The number of amides is 1. The van der Waals surface area contributed by atoms with Gasteiger partial charge in [0.15, 0.2) is 0 Å². The average Bonchev–Trinajstić information content (AvgIpc) is 2.31. The lowest BCUT2D eigenvalue weighted by Gasteiger charge is -2.23. The van der Waals surface area contributed by atoms with E-state index in [1.54, 1.807) is 0 Å². The Morgan fingerprint density at radius 3 is 2.62 bits per heavy atom. The molecule has 87 valence electrons. The largest absolute Gasteiger partial charge is 0.373 e. The van der Waals surface area contributed by atoms with Crippen LogP contribution < -0.4 is 5.32 Å². The number of nitrogens with one attached hydrogen (secondary N) is 1. The maximum atomic E-state index is 12.0. The van der Waals surface area contributed by atoms with Crippen LogP contribution in [0.3, 0.4) is 0 Å². The lowest BCUT2D eigenvalue weighted by Crippen LogP contribution is -2.41. The van der Waals surface area contributed by atoms with Gasteiger partial charge in [-0.1, -0.05) is 18.2 Å². The molecule has 1 rings (SSSR count). The zero-order valence-electron chi connectivity index (χ0n) is 10.2. The van der Waals surface area contributed by atoms with Crippen LogP contribution in [0, 0.1) is 6.07 Å². The van der Waals surface area contributed by atoms with Crippen LogP contribution >= 0.6 is 0 Å². The molecule has 0 fully saturated rings. The van der Waals surface area contributed by atoms with Crippen LogP contribution in [-0.2, 0) is 4.79 Å². The van der Waals surface area contributed by atoms with Gasteiger partial charge >= 0.3 is 0 Å². The van der Waals surface area contributed by atoms with Gasteiger partial charge in [-0.2, -0.15) is 0 Å². The predicted octanol–water partition coefficient (Wildman–Crippen LogP) is 2.16. The molecular weight excluding hydrogens is 200 g/mol. The van der Waals surface area contributed by atoms with E-state index in [9.17, 15) is 4.79 Å². The van der Waals surface area contributed by atoms with Crippen molar-refractivity contribution < 1.29 is 4.79 Å². The lowest BCUT2D eigenvalue weighted by molar-refractivity contribution is -0.131. The standard InChI is InChI=1S/C13H19N2O/c1-4-15(5-2)13(16)11(3)14-12-9-7-6-8-10-12/h6-9,11,14H,4-5H2,1-3H3. The van der Waals surface area contributed by atoms with E-state index in [-0.39, 0.29) is 11.9 Å². The van der Waals surface area contributed by atoms with Gasteiger partial charge in [-0.15, -0.1) is 0 Å². The molecule has 3 heteroatoms. The van der Waals surface area contributed by atoms with Crippen molar-refractivity contribution in [2.45, 2.75) is 26.8 Å². The summed E-state index contributed by atoms with van der Waals surface area (Å²) in [4.78, 5) is 13.8. The van der Waals surface area contributed by atoms with Gasteiger partial charge in [-0.25, -0.2) is 0 Å². The first-order valence-corrected chi connectivity index (χ1v) is 5.71. The minimum atomic E-state index is -0.210. The second-order valence-electron chi connectivity index (χ2n) is 3.65. The summed E-state index contributed by atoms with van der Waals surface area (Å²) in [6.45, 7) is 7.35. The summed E-state index contributed by atoms with van der Waals surface area (Å²) in [6.07, 6.45) is 0. The lowest BCUT2D eigenvalue weighted by atomic mass is 10.2. The molecule has 0 bridgehead atoms. The number of hydrogen-bond acceptors (Lipinski definition) is 2. The van der Waals surface area contributed by atoms with Crippen LogP contribution in [0.15, 0.2) is 24.3 Å². The predicted molar refractivity (Wildman–Crippen MR) is 66.3 cm³/mol. The van der Waals surface area contributed by atoms with Crippen molar-refractivity contribution in [1.82, 2.24) is 4.90 Å². The number of benzene rings is 1. The molecule has 0 aliphatic heterocycles. The number of likely N-dealkylation sites (N-methyl/N-ethyl adjacent to an activating group) is 1. The first-order valence-electron chi connectivity index (χ1n) is 5.71. The number of nitrogens with zero attached hydrogens (tertiary/aromatic N) is 1. The molecule has 16 heavy (non-hydrogen) atoms. The molecule has 1 N–H and O–H groups in total. The van der Waals surface area contributed by atoms with Crippen LogP contribution in [-0.4, -0.2) is 29.9 Å². The first-order chi connectivity index (χ1) is 7.69. The molecule has 1 unspecified atom stereocenters. The summed E-state index contributed by atoms with van der Waals surface area (Å²) >= 11 is 0.